The Hall–Kier alpha value is -1.55. The molecule has 1 aromatic rings. The van der Waals surface area contributed by atoms with E-state index in [1.165, 1.54) is 0 Å². The van der Waals surface area contributed by atoms with Gasteiger partial charge in [0, 0.05) is 0 Å². The molecule has 0 unspecified atom stereocenters. The predicted octanol–water partition coefficient (Wildman–Crippen LogP) is 1.74. The Morgan fingerprint density at radius 3 is 2.59 bits per heavy atom. The number of ether oxygens (including phenoxy) is 1. The van der Waals surface area contributed by atoms with E-state index in [4.69, 9.17) is 15.6 Å². The normalized spacial score (nSPS) is 28.0. The molecule has 1 fully saturated rings. The number of hydrogen-bond acceptors (Lipinski definition) is 3. The zero-order chi connectivity index (χ0) is 12.5. The minimum absolute atomic E-state index is 0.238. The molecule has 4 heteroatoms. The molecule has 92 valence electrons. The number of nitrogens with two attached hydrogens (primary N) is 1. The number of rotatable bonds is 3. The van der Waals surface area contributed by atoms with Crippen LogP contribution < -0.4 is 10.5 Å². The van der Waals surface area contributed by atoms with Gasteiger partial charge in [-0.2, -0.15) is 0 Å². The molecule has 0 spiro atoms. The van der Waals surface area contributed by atoms with Gasteiger partial charge in [0.05, 0.1) is 7.11 Å². The van der Waals surface area contributed by atoms with Crippen molar-refractivity contribution >= 4 is 5.97 Å². The Balaban J connectivity index is 2.12. The number of carboxylic acid groups (broad SMARTS) is 1. The van der Waals surface area contributed by atoms with Gasteiger partial charge in [0.25, 0.3) is 0 Å². The Morgan fingerprint density at radius 1 is 1.47 bits per heavy atom. The van der Waals surface area contributed by atoms with E-state index in [9.17, 15) is 4.79 Å². The predicted molar refractivity (Wildman–Crippen MR) is 64.1 cm³/mol. The van der Waals surface area contributed by atoms with Gasteiger partial charge in [-0.3, -0.25) is 4.79 Å². The zero-order valence-corrected chi connectivity index (χ0v) is 9.85. The average Bonchev–Trinajstić information content (AvgIpc) is 2.74. The minimum atomic E-state index is -1.05. The number of aliphatic carboxylic acids is 1. The summed E-state index contributed by atoms with van der Waals surface area (Å²) in [5, 5.41) is 9.07. The third-order valence-corrected chi connectivity index (χ3v) is 3.56. The van der Waals surface area contributed by atoms with Crippen molar-refractivity contribution in [3.63, 3.8) is 0 Å². The topological polar surface area (TPSA) is 72.5 Å². The minimum Gasteiger partial charge on any atom is -0.497 e. The monoisotopic (exact) mass is 235 g/mol. The fraction of sp³-hybridized carbons (Fsp3) is 0.462. The molecule has 2 rings (SSSR count). The molecule has 1 aliphatic rings. The molecule has 0 aliphatic heterocycles. The summed E-state index contributed by atoms with van der Waals surface area (Å²) in [5.74, 6) is 0.152. The van der Waals surface area contributed by atoms with Crippen LogP contribution in [0.2, 0.25) is 0 Å². The van der Waals surface area contributed by atoms with Crippen molar-refractivity contribution in [2.45, 2.75) is 30.7 Å². The van der Waals surface area contributed by atoms with Gasteiger partial charge in [0.2, 0.25) is 0 Å². The standard InChI is InChI=1S/C13H17NO3/c1-17-11-4-2-9(3-5-11)10-6-7-13(14,8-10)12(15)16/h2-5,10H,6-8,14H2,1H3,(H,15,16)/t10-,13+/m1/s1. The summed E-state index contributed by atoms with van der Waals surface area (Å²) in [6.45, 7) is 0. The van der Waals surface area contributed by atoms with E-state index >= 15 is 0 Å². The lowest BCUT2D eigenvalue weighted by molar-refractivity contribution is -0.143. The van der Waals surface area contributed by atoms with Crippen molar-refractivity contribution in [2.24, 2.45) is 5.73 Å². The summed E-state index contributed by atoms with van der Waals surface area (Å²) < 4.78 is 5.09. The summed E-state index contributed by atoms with van der Waals surface area (Å²) >= 11 is 0. The molecule has 0 amide bonds. The lowest BCUT2D eigenvalue weighted by atomic mass is 9.93. The number of hydrogen-bond donors (Lipinski definition) is 2. The smallest absolute Gasteiger partial charge is 0.323 e. The van der Waals surface area contributed by atoms with Crippen LogP contribution in [-0.4, -0.2) is 23.7 Å². The maximum absolute atomic E-state index is 11.1. The first-order valence-corrected chi connectivity index (χ1v) is 5.71. The number of carboxylic acids is 1. The van der Waals surface area contributed by atoms with Gasteiger partial charge in [-0.25, -0.2) is 0 Å². The fourth-order valence-electron chi connectivity index (χ4n) is 2.43. The molecule has 17 heavy (non-hydrogen) atoms. The SMILES string of the molecule is COc1ccc([C@@H]2CC[C@@](N)(C(=O)O)C2)cc1. The number of methoxy groups -OCH3 is 1. The van der Waals surface area contributed by atoms with E-state index < -0.39 is 11.5 Å². The second-order valence-electron chi connectivity index (χ2n) is 4.67. The van der Waals surface area contributed by atoms with Crippen LogP contribution >= 0.6 is 0 Å². The van der Waals surface area contributed by atoms with Gasteiger partial charge < -0.3 is 15.6 Å². The summed E-state index contributed by atoms with van der Waals surface area (Å²) in [5.41, 5.74) is 5.95. The fourth-order valence-corrected chi connectivity index (χ4v) is 2.43. The number of benzene rings is 1. The van der Waals surface area contributed by atoms with E-state index in [1.807, 2.05) is 24.3 Å². The molecule has 0 saturated heterocycles. The maximum atomic E-state index is 11.1. The van der Waals surface area contributed by atoms with Crippen LogP contribution in [0.5, 0.6) is 5.75 Å². The van der Waals surface area contributed by atoms with Crippen LogP contribution in [0.3, 0.4) is 0 Å². The van der Waals surface area contributed by atoms with E-state index in [1.54, 1.807) is 7.11 Å². The zero-order valence-electron chi connectivity index (χ0n) is 9.85. The largest absolute Gasteiger partial charge is 0.497 e. The molecule has 3 N–H and O–H groups in total. The summed E-state index contributed by atoms with van der Waals surface area (Å²) in [4.78, 5) is 11.1. The molecule has 2 atom stereocenters. The second-order valence-corrected chi connectivity index (χ2v) is 4.67. The molecular weight excluding hydrogens is 218 g/mol. The van der Waals surface area contributed by atoms with Crippen molar-refractivity contribution in [3.05, 3.63) is 29.8 Å². The molecule has 1 saturated carbocycles. The highest BCUT2D eigenvalue weighted by molar-refractivity contribution is 5.79. The van der Waals surface area contributed by atoms with Crippen LogP contribution in [0, 0.1) is 0 Å². The van der Waals surface area contributed by atoms with Crippen LogP contribution in [0.15, 0.2) is 24.3 Å². The third-order valence-electron chi connectivity index (χ3n) is 3.56. The van der Waals surface area contributed by atoms with Crippen LogP contribution in [0.4, 0.5) is 0 Å². The second kappa shape index (κ2) is 4.37. The Labute approximate surface area is 100 Å². The Bertz CT molecular complexity index is 415. The van der Waals surface area contributed by atoms with E-state index in [0.29, 0.717) is 12.8 Å². The van der Waals surface area contributed by atoms with Gasteiger partial charge in [-0.15, -0.1) is 0 Å². The highest BCUT2D eigenvalue weighted by Crippen LogP contribution is 2.40. The Kier molecular flexibility index (Phi) is 3.07. The van der Waals surface area contributed by atoms with Crippen molar-refractivity contribution in [2.75, 3.05) is 7.11 Å². The van der Waals surface area contributed by atoms with Gasteiger partial charge >= 0.3 is 5.97 Å². The van der Waals surface area contributed by atoms with E-state index in [2.05, 4.69) is 0 Å². The van der Waals surface area contributed by atoms with Crippen molar-refractivity contribution in [3.8, 4) is 5.75 Å². The van der Waals surface area contributed by atoms with Gasteiger partial charge in [-0.05, 0) is 42.9 Å². The quantitative estimate of drug-likeness (QED) is 0.837. The van der Waals surface area contributed by atoms with Crippen LogP contribution in [0.1, 0.15) is 30.7 Å². The van der Waals surface area contributed by atoms with E-state index in [-0.39, 0.29) is 5.92 Å². The molecule has 1 aromatic carbocycles. The molecule has 4 nitrogen and oxygen atoms in total. The van der Waals surface area contributed by atoms with Gasteiger partial charge in [0.1, 0.15) is 11.3 Å². The molecular formula is C13H17NO3. The van der Waals surface area contributed by atoms with Crippen molar-refractivity contribution in [1.29, 1.82) is 0 Å². The molecule has 1 aliphatic carbocycles. The average molecular weight is 235 g/mol. The van der Waals surface area contributed by atoms with Gasteiger partial charge in [0.15, 0.2) is 0 Å². The highest BCUT2D eigenvalue weighted by atomic mass is 16.5. The lowest BCUT2D eigenvalue weighted by Gasteiger charge is -2.18. The molecule has 0 heterocycles. The summed E-state index contributed by atoms with van der Waals surface area (Å²) in [7, 11) is 1.62. The molecule has 0 radical (unpaired) electrons. The molecule has 0 bridgehead atoms. The van der Waals surface area contributed by atoms with Crippen molar-refractivity contribution in [1.82, 2.24) is 0 Å². The number of carbonyl (C=O) groups is 1. The molecule has 0 aromatic heterocycles. The van der Waals surface area contributed by atoms with Crippen LogP contribution in [0.25, 0.3) is 0 Å². The van der Waals surface area contributed by atoms with Crippen LogP contribution in [-0.2, 0) is 4.79 Å². The third kappa shape index (κ3) is 2.26. The maximum Gasteiger partial charge on any atom is 0.323 e. The summed E-state index contributed by atoms with van der Waals surface area (Å²) in [6, 6.07) is 7.76. The van der Waals surface area contributed by atoms with Gasteiger partial charge in [-0.1, -0.05) is 12.1 Å². The Morgan fingerprint density at radius 2 is 2.12 bits per heavy atom. The first-order valence-electron chi connectivity index (χ1n) is 5.71. The first-order chi connectivity index (χ1) is 8.05. The summed E-state index contributed by atoms with van der Waals surface area (Å²) in [6.07, 6.45) is 1.88. The van der Waals surface area contributed by atoms with E-state index in [0.717, 1.165) is 17.7 Å². The van der Waals surface area contributed by atoms with Crippen molar-refractivity contribution < 1.29 is 14.6 Å². The lowest BCUT2D eigenvalue weighted by Crippen LogP contribution is -2.45. The highest BCUT2D eigenvalue weighted by Gasteiger charge is 2.42. The first kappa shape index (κ1) is 11.9.